The third kappa shape index (κ3) is 5.60. The Labute approximate surface area is 225 Å². The molecule has 14 heteroatoms. The molecule has 0 aliphatic rings. The number of halogens is 5. The van der Waals surface area contributed by atoms with Gasteiger partial charge in [0.15, 0.2) is 17.3 Å². The second-order valence-corrected chi connectivity index (χ2v) is 9.97. The van der Waals surface area contributed by atoms with E-state index < -0.39 is 64.4 Å². The molecule has 0 saturated carbocycles. The minimum Gasteiger partial charge on any atom is -0.451 e. The predicted molar refractivity (Wildman–Crippen MR) is 135 cm³/mol. The molecule has 212 valence electrons. The number of carbonyl (C=O) groups is 1. The van der Waals surface area contributed by atoms with Gasteiger partial charge in [0.1, 0.15) is 35.0 Å². The molecule has 40 heavy (non-hydrogen) atoms. The standard InChI is InChI=1S/C26H25F5N6O3/c1-11(35-25(38)40-26(3,4)5)12(2)37-24-18(23(32)33-10-34-24)21(36-37)14-7-6-13(8-15(14)27)39-22-19(30)16(28)9-17(29)20(22)31/h6-12H,1-5H3,(H,35,38)(H2,32,33,34). The molecule has 4 rings (SSSR count). The average Bonchev–Trinajstić information content (AvgIpc) is 3.24. The molecule has 0 aliphatic heterocycles. The molecule has 2 aromatic carbocycles. The molecule has 0 fully saturated rings. The van der Waals surface area contributed by atoms with Crippen LogP contribution in [-0.4, -0.2) is 37.5 Å². The molecule has 3 N–H and O–H groups in total. The number of nitrogen functional groups attached to an aromatic ring is 1. The van der Waals surface area contributed by atoms with Gasteiger partial charge < -0.3 is 20.5 Å². The highest BCUT2D eigenvalue weighted by Crippen LogP contribution is 2.36. The smallest absolute Gasteiger partial charge is 0.407 e. The van der Waals surface area contributed by atoms with E-state index in [4.69, 9.17) is 15.2 Å². The van der Waals surface area contributed by atoms with Crippen molar-refractivity contribution in [1.82, 2.24) is 25.1 Å². The Hall–Kier alpha value is -4.49. The van der Waals surface area contributed by atoms with Crippen molar-refractivity contribution in [1.29, 1.82) is 0 Å². The van der Waals surface area contributed by atoms with Crippen LogP contribution in [0.4, 0.5) is 32.6 Å². The number of alkyl carbamates (subject to hydrolysis) is 1. The number of anilines is 1. The first-order chi connectivity index (χ1) is 18.7. The molecule has 2 unspecified atom stereocenters. The molecule has 2 atom stereocenters. The van der Waals surface area contributed by atoms with Crippen LogP contribution < -0.4 is 15.8 Å². The van der Waals surface area contributed by atoms with Gasteiger partial charge in [0.05, 0.1) is 17.5 Å². The first kappa shape index (κ1) is 28.5. The predicted octanol–water partition coefficient (Wildman–Crippen LogP) is 6.04. The van der Waals surface area contributed by atoms with E-state index in [0.29, 0.717) is 0 Å². The fourth-order valence-corrected chi connectivity index (χ4v) is 3.80. The summed E-state index contributed by atoms with van der Waals surface area (Å²) in [7, 11) is 0. The molecule has 0 spiro atoms. The van der Waals surface area contributed by atoms with Crippen LogP contribution in [0.3, 0.4) is 0 Å². The minimum absolute atomic E-state index is 0.00897. The monoisotopic (exact) mass is 564 g/mol. The van der Waals surface area contributed by atoms with E-state index in [1.807, 2.05) is 0 Å². The van der Waals surface area contributed by atoms with Crippen LogP contribution in [0.2, 0.25) is 0 Å². The number of aromatic nitrogens is 4. The SMILES string of the molecule is CC(NC(=O)OC(C)(C)C)C(C)n1nc(-c2ccc(Oc3c(F)c(F)cc(F)c3F)cc2F)c2c(N)ncnc21. The Kier molecular flexibility index (Phi) is 7.55. The van der Waals surface area contributed by atoms with Gasteiger partial charge in [0.2, 0.25) is 17.4 Å². The number of nitrogens with one attached hydrogen (secondary N) is 1. The van der Waals surface area contributed by atoms with Crippen LogP contribution in [0, 0.1) is 29.1 Å². The molecule has 9 nitrogen and oxygen atoms in total. The second kappa shape index (κ2) is 10.6. The molecule has 4 aromatic rings. The summed E-state index contributed by atoms with van der Waals surface area (Å²) >= 11 is 0. The highest BCUT2D eigenvalue weighted by molar-refractivity contribution is 5.98. The third-order valence-electron chi connectivity index (χ3n) is 5.86. The third-order valence-corrected chi connectivity index (χ3v) is 5.86. The molecule has 2 heterocycles. The molecule has 2 aromatic heterocycles. The molecule has 0 bridgehead atoms. The van der Waals surface area contributed by atoms with Gasteiger partial charge >= 0.3 is 6.09 Å². The van der Waals surface area contributed by atoms with E-state index in [1.54, 1.807) is 34.6 Å². The van der Waals surface area contributed by atoms with Crippen molar-refractivity contribution in [3.63, 3.8) is 0 Å². The number of ether oxygens (including phenoxy) is 2. The van der Waals surface area contributed by atoms with Gasteiger partial charge in [-0.25, -0.2) is 32.6 Å². The van der Waals surface area contributed by atoms with Crippen LogP contribution in [0.25, 0.3) is 22.3 Å². The van der Waals surface area contributed by atoms with Crippen molar-refractivity contribution in [3.8, 4) is 22.8 Å². The van der Waals surface area contributed by atoms with Gasteiger partial charge in [0.25, 0.3) is 0 Å². The number of rotatable bonds is 6. The lowest BCUT2D eigenvalue weighted by Gasteiger charge is -2.25. The van der Waals surface area contributed by atoms with Crippen LogP contribution in [-0.2, 0) is 4.74 Å². The van der Waals surface area contributed by atoms with Crippen molar-refractivity contribution >= 4 is 22.9 Å². The number of nitrogens with two attached hydrogens (primary N) is 1. The summed E-state index contributed by atoms with van der Waals surface area (Å²) in [6.07, 6.45) is 0.553. The van der Waals surface area contributed by atoms with Crippen molar-refractivity contribution in [3.05, 3.63) is 59.7 Å². The summed E-state index contributed by atoms with van der Waals surface area (Å²) < 4.78 is 82.1. The zero-order chi connectivity index (χ0) is 29.5. The van der Waals surface area contributed by atoms with E-state index in [-0.39, 0.29) is 34.2 Å². The van der Waals surface area contributed by atoms with Crippen LogP contribution in [0.5, 0.6) is 11.5 Å². The van der Waals surface area contributed by atoms with Gasteiger partial charge in [-0.05, 0) is 46.8 Å². The normalized spacial score (nSPS) is 13.2. The Balaban J connectivity index is 1.71. The van der Waals surface area contributed by atoms with Crippen molar-refractivity contribution in [2.24, 2.45) is 0 Å². The Morgan fingerprint density at radius 3 is 2.25 bits per heavy atom. The quantitative estimate of drug-likeness (QED) is 0.217. The van der Waals surface area contributed by atoms with Crippen LogP contribution >= 0.6 is 0 Å². The van der Waals surface area contributed by atoms with E-state index >= 15 is 4.39 Å². The Morgan fingerprint density at radius 2 is 1.65 bits per heavy atom. The lowest BCUT2D eigenvalue weighted by atomic mass is 10.1. The Morgan fingerprint density at radius 1 is 1.00 bits per heavy atom. The summed E-state index contributed by atoms with van der Waals surface area (Å²) in [5, 5.41) is 7.42. The first-order valence-corrected chi connectivity index (χ1v) is 12.0. The van der Waals surface area contributed by atoms with Gasteiger partial charge in [-0.15, -0.1) is 0 Å². The number of nitrogens with zero attached hydrogens (tertiary/aromatic N) is 4. The number of benzene rings is 2. The summed E-state index contributed by atoms with van der Waals surface area (Å²) in [6.45, 7) is 8.63. The van der Waals surface area contributed by atoms with Crippen molar-refractivity contribution in [2.45, 2.75) is 52.3 Å². The molecular weight excluding hydrogens is 539 g/mol. The molecular formula is C26H25F5N6O3. The zero-order valence-electron chi connectivity index (χ0n) is 22.0. The number of hydrogen-bond acceptors (Lipinski definition) is 7. The number of carbonyl (C=O) groups excluding carboxylic acids is 1. The second-order valence-electron chi connectivity index (χ2n) is 9.97. The topological polar surface area (TPSA) is 117 Å². The summed E-state index contributed by atoms with van der Waals surface area (Å²) in [5.74, 6) is -9.69. The zero-order valence-corrected chi connectivity index (χ0v) is 22.0. The number of fused-ring (bicyclic) bond motifs is 1. The molecule has 1 amide bonds. The van der Waals surface area contributed by atoms with Gasteiger partial charge in [-0.3, -0.25) is 0 Å². The van der Waals surface area contributed by atoms with Gasteiger partial charge in [-0.2, -0.15) is 13.9 Å². The minimum atomic E-state index is -1.78. The van der Waals surface area contributed by atoms with Gasteiger partial charge in [0, 0.05) is 17.7 Å². The fourth-order valence-electron chi connectivity index (χ4n) is 3.80. The van der Waals surface area contributed by atoms with Crippen molar-refractivity contribution < 1.29 is 36.2 Å². The highest BCUT2D eigenvalue weighted by atomic mass is 19.2. The van der Waals surface area contributed by atoms with E-state index in [1.165, 1.54) is 17.1 Å². The average molecular weight is 565 g/mol. The van der Waals surface area contributed by atoms with Crippen LogP contribution in [0.1, 0.15) is 40.7 Å². The maximum Gasteiger partial charge on any atom is 0.407 e. The maximum absolute atomic E-state index is 15.3. The molecule has 0 radical (unpaired) electrons. The lowest BCUT2D eigenvalue weighted by molar-refractivity contribution is 0.0494. The van der Waals surface area contributed by atoms with E-state index in [2.05, 4.69) is 20.4 Å². The number of hydrogen-bond donors (Lipinski definition) is 2. The largest absolute Gasteiger partial charge is 0.451 e. The summed E-state index contributed by atoms with van der Waals surface area (Å²) in [4.78, 5) is 20.5. The molecule has 0 aliphatic carbocycles. The maximum atomic E-state index is 15.3. The lowest BCUT2D eigenvalue weighted by Crippen LogP contribution is -2.41. The highest BCUT2D eigenvalue weighted by Gasteiger charge is 2.27. The van der Waals surface area contributed by atoms with E-state index in [0.717, 1.165) is 12.1 Å². The summed E-state index contributed by atoms with van der Waals surface area (Å²) in [6, 6.07) is 2.04. The van der Waals surface area contributed by atoms with Crippen LogP contribution in [0.15, 0.2) is 30.6 Å². The first-order valence-electron chi connectivity index (χ1n) is 12.0. The van der Waals surface area contributed by atoms with Crippen molar-refractivity contribution in [2.75, 3.05) is 5.73 Å². The Bertz CT molecular complexity index is 1580. The number of amides is 1. The molecule has 0 saturated heterocycles. The fraction of sp³-hybridized carbons (Fsp3) is 0.308. The summed E-state index contributed by atoms with van der Waals surface area (Å²) in [5.41, 5.74) is 5.53. The van der Waals surface area contributed by atoms with E-state index in [9.17, 15) is 22.4 Å². The van der Waals surface area contributed by atoms with Gasteiger partial charge in [-0.1, -0.05) is 0 Å².